The minimum Gasteiger partial charge on any atom is -0.462 e. The number of carbonyl (C=O) groups excluding carboxylic acids is 2. The van der Waals surface area contributed by atoms with Crippen molar-refractivity contribution in [2.75, 3.05) is 0 Å². The zero-order valence-corrected chi connectivity index (χ0v) is 16.0. The van der Waals surface area contributed by atoms with Crippen LogP contribution in [-0.2, 0) is 25.3 Å². The van der Waals surface area contributed by atoms with Gasteiger partial charge in [-0.15, -0.1) is 0 Å². The Balaban J connectivity index is 1.60. The molecule has 1 aromatic rings. The van der Waals surface area contributed by atoms with E-state index < -0.39 is 7.72 Å². The van der Waals surface area contributed by atoms with E-state index in [2.05, 4.69) is 8.93 Å². The molecule has 5 unspecified atom stereocenters. The monoisotopic (exact) mass is 374 g/mol. The van der Waals surface area contributed by atoms with E-state index >= 15 is 0 Å². The summed E-state index contributed by atoms with van der Waals surface area (Å²) in [6.45, 7) is 0. The molecule has 0 bridgehead atoms. The van der Waals surface area contributed by atoms with Crippen LogP contribution in [0.3, 0.4) is 0 Å². The summed E-state index contributed by atoms with van der Waals surface area (Å²) in [7, 11) is 7.19. The third-order valence-electron chi connectivity index (χ3n) is 4.82. The SMILES string of the molecule is [B]P(P)OC1CC2OC(=O)CC2[C@H]1/C=C/C(=O)CCc1ccccc1. The van der Waals surface area contributed by atoms with E-state index in [-0.39, 0.29) is 35.8 Å². The lowest BCUT2D eigenvalue weighted by Crippen LogP contribution is -2.19. The Hall–Kier alpha value is -1.02. The topological polar surface area (TPSA) is 52.6 Å². The van der Waals surface area contributed by atoms with Crippen LogP contribution in [0.2, 0.25) is 0 Å². The van der Waals surface area contributed by atoms with Gasteiger partial charge in [-0.05, 0) is 25.8 Å². The van der Waals surface area contributed by atoms with Gasteiger partial charge in [0, 0.05) is 24.7 Å². The largest absolute Gasteiger partial charge is 0.462 e. The Kier molecular flexibility index (Phi) is 6.44. The number of aryl methyl sites for hydroxylation is 1. The second-order valence-electron chi connectivity index (χ2n) is 6.52. The molecule has 1 aliphatic heterocycles. The molecule has 1 saturated carbocycles. The van der Waals surface area contributed by atoms with Gasteiger partial charge >= 0.3 is 5.97 Å². The number of rotatable bonds is 7. The van der Waals surface area contributed by atoms with Crippen LogP contribution in [0, 0.1) is 11.8 Å². The second-order valence-corrected chi connectivity index (χ2v) is 8.98. The van der Waals surface area contributed by atoms with Gasteiger partial charge in [0.2, 0.25) is 0 Å². The Morgan fingerprint density at radius 2 is 2.16 bits per heavy atom. The molecule has 1 heterocycles. The second kappa shape index (κ2) is 8.58. The first-order valence-electron chi connectivity index (χ1n) is 8.43. The summed E-state index contributed by atoms with van der Waals surface area (Å²) in [5.74, 6) is -0.0119. The molecule has 130 valence electrons. The zero-order valence-electron chi connectivity index (χ0n) is 13.9. The van der Waals surface area contributed by atoms with Crippen molar-refractivity contribution in [3.05, 3.63) is 48.0 Å². The van der Waals surface area contributed by atoms with Crippen LogP contribution in [0.15, 0.2) is 42.5 Å². The number of ketones is 1. The lowest BCUT2D eigenvalue weighted by molar-refractivity contribution is -0.141. The van der Waals surface area contributed by atoms with Crippen LogP contribution in [0.5, 0.6) is 0 Å². The Labute approximate surface area is 153 Å². The average Bonchev–Trinajstić information content (AvgIpc) is 3.07. The standard InChI is InChI=1S/C18H21BO4P2/c19-25(24)23-17-11-16-15(10-18(21)22-16)14(17)9-8-13(20)7-6-12-4-2-1-3-5-12/h1-5,8-9,14-17H,6-7,10-11,24H2/b9-8+/t14-,15?,16?,17?,25?/m1/s1. The third kappa shape index (κ3) is 5.00. The zero-order chi connectivity index (χ0) is 17.8. The van der Waals surface area contributed by atoms with Gasteiger partial charge in [0.25, 0.3) is 0 Å². The van der Waals surface area contributed by atoms with Gasteiger partial charge in [0.15, 0.2) is 13.3 Å². The predicted octanol–water partition coefficient (Wildman–Crippen LogP) is 3.35. The summed E-state index contributed by atoms with van der Waals surface area (Å²) < 4.78 is 11.2. The summed E-state index contributed by atoms with van der Waals surface area (Å²) in [4.78, 5) is 23.8. The lowest BCUT2D eigenvalue weighted by atomic mass is 9.91. The molecule has 2 aliphatic rings. The normalized spacial score (nSPS) is 29.6. The number of fused-ring (bicyclic) bond motifs is 1. The number of benzene rings is 1. The maximum absolute atomic E-state index is 12.2. The Bertz CT molecular complexity index is 650. The van der Waals surface area contributed by atoms with Crippen LogP contribution in [0.25, 0.3) is 0 Å². The van der Waals surface area contributed by atoms with Crippen LogP contribution < -0.4 is 0 Å². The van der Waals surface area contributed by atoms with Gasteiger partial charge in [-0.2, -0.15) is 0 Å². The molecular weight excluding hydrogens is 353 g/mol. The molecular formula is C18H21BO4P2. The van der Waals surface area contributed by atoms with Gasteiger partial charge in [-0.25, -0.2) is 0 Å². The summed E-state index contributed by atoms with van der Waals surface area (Å²) in [5, 5.41) is 0. The molecule has 25 heavy (non-hydrogen) atoms. The van der Waals surface area contributed by atoms with Crippen LogP contribution in [-0.4, -0.2) is 31.5 Å². The molecule has 0 spiro atoms. The van der Waals surface area contributed by atoms with E-state index in [9.17, 15) is 9.59 Å². The molecule has 3 rings (SSSR count). The van der Waals surface area contributed by atoms with Crippen LogP contribution in [0.4, 0.5) is 0 Å². The third-order valence-corrected chi connectivity index (χ3v) is 5.69. The summed E-state index contributed by atoms with van der Waals surface area (Å²) in [6, 6.07) is 9.95. The van der Waals surface area contributed by atoms with Crippen molar-refractivity contribution in [2.45, 2.75) is 37.9 Å². The van der Waals surface area contributed by atoms with Gasteiger partial charge < -0.3 is 9.26 Å². The fourth-order valence-corrected chi connectivity index (χ4v) is 4.66. The molecule has 1 saturated heterocycles. The molecule has 2 radical (unpaired) electrons. The maximum Gasteiger partial charge on any atom is 0.306 e. The highest BCUT2D eigenvalue weighted by atomic mass is 32.0. The molecule has 0 amide bonds. The Morgan fingerprint density at radius 3 is 2.88 bits per heavy atom. The van der Waals surface area contributed by atoms with E-state index in [4.69, 9.17) is 16.8 Å². The molecule has 2 fully saturated rings. The predicted molar refractivity (Wildman–Crippen MR) is 102 cm³/mol. The number of esters is 1. The maximum atomic E-state index is 12.2. The summed E-state index contributed by atoms with van der Waals surface area (Å²) in [6.07, 6.45) is 5.54. The molecule has 0 aromatic heterocycles. The number of carbonyl (C=O) groups is 2. The molecule has 0 N–H and O–H groups in total. The molecule has 7 heteroatoms. The average molecular weight is 374 g/mol. The quantitative estimate of drug-likeness (QED) is 0.318. The van der Waals surface area contributed by atoms with Crippen molar-refractivity contribution in [1.82, 2.24) is 0 Å². The van der Waals surface area contributed by atoms with Crippen molar-refractivity contribution in [3.63, 3.8) is 0 Å². The minimum absolute atomic E-state index is 0.00812. The van der Waals surface area contributed by atoms with E-state index in [0.717, 1.165) is 12.0 Å². The Morgan fingerprint density at radius 1 is 1.40 bits per heavy atom. The van der Waals surface area contributed by atoms with E-state index in [1.807, 2.05) is 36.4 Å². The fourth-order valence-electron chi connectivity index (χ4n) is 3.65. The number of ether oxygens (including phenoxy) is 1. The number of hydrogen-bond acceptors (Lipinski definition) is 4. The first-order valence-corrected chi connectivity index (χ1v) is 11.4. The molecule has 6 atom stereocenters. The van der Waals surface area contributed by atoms with Crippen molar-refractivity contribution in [3.8, 4) is 0 Å². The first-order chi connectivity index (χ1) is 12.0. The van der Waals surface area contributed by atoms with Crippen molar-refractivity contribution >= 4 is 36.0 Å². The highest BCUT2D eigenvalue weighted by molar-refractivity contribution is 8.23. The summed E-state index contributed by atoms with van der Waals surface area (Å²) >= 11 is 0. The minimum atomic E-state index is -1.07. The van der Waals surface area contributed by atoms with E-state index in [1.165, 1.54) is 0 Å². The highest BCUT2D eigenvalue weighted by Crippen LogP contribution is 2.50. The van der Waals surface area contributed by atoms with Gasteiger partial charge in [0.05, 0.1) is 12.5 Å². The van der Waals surface area contributed by atoms with Crippen LogP contribution >= 0.6 is 16.6 Å². The molecule has 4 nitrogen and oxygen atoms in total. The van der Waals surface area contributed by atoms with E-state index in [0.29, 0.717) is 19.3 Å². The highest BCUT2D eigenvalue weighted by Gasteiger charge is 2.49. The van der Waals surface area contributed by atoms with Gasteiger partial charge in [-0.1, -0.05) is 45.3 Å². The summed E-state index contributed by atoms with van der Waals surface area (Å²) in [5.41, 5.74) is 1.15. The fraction of sp³-hybridized carbons (Fsp3) is 0.444. The van der Waals surface area contributed by atoms with Crippen LogP contribution in [0.1, 0.15) is 24.8 Å². The van der Waals surface area contributed by atoms with Crippen molar-refractivity contribution in [1.29, 1.82) is 0 Å². The van der Waals surface area contributed by atoms with E-state index in [1.54, 1.807) is 6.08 Å². The number of allylic oxidation sites excluding steroid dienone is 1. The molecule has 1 aromatic carbocycles. The number of hydrogen-bond donors (Lipinski definition) is 0. The molecule has 1 aliphatic carbocycles. The van der Waals surface area contributed by atoms with Crippen molar-refractivity contribution in [2.24, 2.45) is 11.8 Å². The van der Waals surface area contributed by atoms with Crippen molar-refractivity contribution < 1.29 is 18.8 Å². The lowest BCUT2D eigenvalue weighted by Gasteiger charge is -2.22. The first kappa shape index (κ1) is 18.8. The van der Waals surface area contributed by atoms with Gasteiger partial charge in [-0.3, -0.25) is 9.59 Å². The smallest absolute Gasteiger partial charge is 0.306 e. The van der Waals surface area contributed by atoms with Gasteiger partial charge in [0.1, 0.15) is 6.10 Å².